The van der Waals surface area contributed by atoms with Gasteiger partial charge in [-0.25, -0.2) is 9.50 Å². The maximum Gasteiger partial charge on any atom is 0.274 e. The van der Waals surface area contributed by atoms with E-state index in [1.165, 1.54) is 0 Å². The number of anilines is 1. The number of carbonyl (C=O) groups is 1. The smallest absolute Gasteiger partial charge is 0.274 e. The molecule has 0 saturated carbocycles. The van der Waals surface area contributed by atoms with Gasteiger partial charge in [0.1, 0.15) is 5.69 Å². The molecule has 0 bridgehead atoms. The lowest BCUT2D eigenvalue weighted by Gasteiger charge is -2.06. The number of amides is 1. The molecule has 0 spiro atoms. The molecule has 0 aliphatic heterocycles. The van der Waals surface area contributed by atoms with Gasteiger partial charge in [-0.2, -0.15) is 5.10 Å². The van der Waals surface area contributed by atoms with Crippen molar-refractivity contribution in [3.8, 4) is 0 Å². The fourth-order valence-corrected chi connectivity index (χ4v) is 2.31. The molecule has 0 aliphatic rings. The second kappa shape index (κ2) is 5.18. The molecule has 0 fully saturated rings. The minimum atomic E-state index is -0.276. The van der Waals surface area contributed by atoms with Gasteiger partial charge in [0.2, 0.25) is 0 Å². The van der Waals surface area contributed by atoms with E-state index in [1.807, 2.05) is 19.9 Å². The van der Waals surface area contributed by atoms with Crippen molar-refractivity contribution in [2.75, 3.05) is 5.32 Å². The highest BCUT2D eigenvalue weighted by Crippen LogP contribution is 2.16. The number of aryl methyl sites for hydroxylation is 2. The van der Waals surface area contributed by atoms with E-state index in [0.717, 1.165) is 11.4 Å². The van der Waals surface area contributed by atoms with Crippen LogP contribution in [0, 0.1) is 13.8 Å². The standard InChI is InChI=1S/C15H13ClN4O/c1-9-6-14-18-13(7-10(2)20(14)19-9)15(21)17-12-5-3-4-11(16)8-12/h3-8H,1-2H3,(H,17,21). The molecule has 5 nitrogen and oxygen atoms in total. The van der Waals surface area contributed by atoms with Crippen molar-refractivity contribution in [2.24, 2.45) is 0 Å². The van der Waals surface area contributed by atoms with Gasteiger partial charge in [0, 0.05) is 22.5 Å². The molecule has 0 unspecified atom stereocenters. The molecule has 6 heteroatoms. The highest BCUT2D eigenvalue weighted by molar-refractivity contribution is 6.30. The SMILES string of the molecule is Cc1cc2nc(C(=O)Nc3cccc(Cl)c3)cc(C)n2n1. The van der Waals surface area contributed by atoms with Crippen LogP contribution in [0.3, 0.4) is 0 Å². The zero-order valence-electron chi connectivity index (χ0n) is 11.6. The zero-order valence-corrected chi connectivity index (χ0v) is 12.3. The molecule has 0 saturated heterocycles. The number of halogens is 1. The number of hydrogen-bond donors (Lipinski definition) is 1. The summed E-state index contributed by atoms with van der Waals surface area (Å²) < 4.78 is 1.71. The lowest BCUT2D eigenvalue weighted by atomic mass is 10.3. The van der Waals surface area contributed by atoms with E-state index < -0.39 is 0 Å². The van der Waals surface area contributed by atoms with Gasteiger partial charge in [-0.15, -0.1) is 0 Å². The van der Waals surface area contributed by atoms with Gasteiger partial charge in [0.25, 0.3) is 5.91 Å². The molecule has 1 aromatic carbocycles. The second-order valence-electron chi connectivity index (χ2n) is 4.80. The third-order valence-electron chi connectivity index (χ3n) is 3.04. The monoisotopic (exact) mass is 300 g/mol. The lowest BCUT2D eigenvalue weighted by molar-refractivity contribution is 0.102. The van der Waals surface area contributed by atoms with E-state index in [1.54, 1.807) is 34.8 Å². The summed E-state index contributed by atoms with van der Waals surface area (Å²) in [6.45, 7) is 3.77. The van der Waals surface area contributed by atoms with Crippen molar-refractivity contribution in [1.82, 2.24) is 14.6 Å². The van der Waals surface area contributed by atoms with E-state index in [0.29, 0.717) is 22.1 Å². The molecule has 0 radical (unpaired) electrons. The van der Waals surface area contributed by atoms with Crippen molar-refractivity contribution >= 4 is 28.8 Å². The number of nitrogens with zero attached hydrogens (tertiary/aromatic N) is 3. The van der Waals surface area contributed by atoms with Gasteiger partial charge in [-0.3, -0.25) is 4.79 Å². The second-order valence-corrected chi connectivity index (χ2v) is 5.24. The van der Waals surface area contributed by atoms with Crippen molar-refractivity contribution in [2.45, 2.75) is 13.8 Å². The van der Waals surface area contributed by atoms with E-state index in [-0.39, 0.29) is 5.91 Å². The highest BCUT2D eigenvalue weighted by atomic mass is 35.5. The number of carbonyl (C=O) groups excluding carboxylic acids is 1. The lowest BCUT2D eigenvalue weighted by Crippen LogP contribution is -2.15. The zero-order chi connectivity index (χ0) is 15.0. The van der Waals surface area contributed by atoms with Crippen molar-refractivity contribution in [1.29, 1.82) is 0 Å². The van der Waals surface area contributed by atoms with E-state index in [4.69, 9.17) is 11.6 Å². The van der Waals surface area contributed by atoms with Gasteiger partial charge >= 0.3 is 0 Å². The van der Waals surface area contributed by atoms with E-state index in [2.05, 4.69) is 15.4 Å². The molecule has 21 heavy (non-hydrogen) atoms. The summed E-state index contributed by atoms with van der Waals surface area (Å²) in [5.74, 6) is -0.276. The van der Waals surface area contributed by atoms with Crippen LogP contribution >= 0.6 is 11.6 Å². The van der Waals surface area contributed by atoms with Crippen LogP contribution in [-0.2, 0) is 0 Å². The molecule has 3 rings (SSSR count). The first-order valence-electron chi connectivity index (χ1n) is 6.44. The minimum Gasteiger partial charge on any atom is -0.321 e. The molecule has 106 valence electrons. The summed E-state index contributed by atoms with van der Waals surface area (Å²) >= 11 is 5.90. The molecule has 1 amide bonds. The summed E-state index contributed by atoms with van der Waals surface area (Å²) in [4.78, 5) is 16.6. The Morgan fingerprint density at radius 3 is 2.81 bits per heavy atom. The van der Waals surface area contributed by atoms with Crippen molar-refractivity contribution in [3.05, 3.63) is 58.5 Å². The molecule has 1 N–H and O–H groups in total. The predicted molar refractivity (Wildman–Crippen MR) is 81.9 cm³/mol. The Hall–Kier alpha value is -2.40. The number of benzene rings is 1. The third kappa shape index (κ3) is 2.73. The first-order valence-corrected chi connectivity index (χ1v) is 6.82. The minimum absolute atomic E-state index is 0.276. The Bertz CT molecular complexity index is 841. The fourth-order valence-electron chi connectivity index (χ4n) is 2.12. The first kappa shape index (κ1) is 13.6. The Balaban J connectivity index is 1.94. The van der Waals surface area contributed by atoms with Gasteiger partial charge < -0.3 is 5.32 Å². The van der Waals surface area contributed by atoms with Crippen molar-refractivity contribution in [3.63, 3.8) is 0 Å². The van der Waals surface area contributed by atoms with Crippen LogP contribution in [0.25, 0.3) is 5.65 Å². The fraction of sp³-hybridized carbons (Fsp3) is 0.133. The Morgan fingerprint density at radius 2 is 2.05 bits per heavy atom. The van der Waals surface area contributed by atoms with E-state index >= 15 is 0 Å². The summed E-state index contributed by atoms with van der Waals surface area (Å²) in [6, 6.07) is 10.5. The molecule has 2 aromatic heterocycles. The van der Waals surface area contributed by atoms with Gasteiger partial charge in [-0.1, -0.05) is 17.7 Å². The Kier molecular flexibility index (Phi) is 3.35. The largest absolute Gasteiger partial charge is 0.321 e. The summed E-state index contributed by atoms with van der Waals surface area (Å²) in [7, 11) is 0. The average Bonchev–Trinajstić information content (AvgIpc) is 2.79. The molecule has 0 atom stereocenters. The number of aromatic nitrogens is 3. The van der Waals surface area contributed by atoms with Crippen LogP contribution in [0.15, 0.2) is 36.4 Å². The molecule has 2 heterocycles. The Labute approximate surface area is 126 Å². The quantitative estimate of drug-likeness (QED) is 0.790. The van der Waals surface area contributed by atoms with Crippen LogP contribution in [0.5, 0.6) is 0 Å². The van der Waals surface area contributed by atoms with E-state index in [9.17, 15) is 4.79 Å². The number of nitrogens with one attached hydrogen (secondary N) is 1. The van der Waals surface area contributed by atoms with Crippen LogP contribution in [0.1, 0.15) is 21.9 Å². The maximum absolute atomic E-state index is 12.3. The predicted octanol–water partition coefficient (Wildman–Crippen LogP) is 3.25. The van der Waals surface area contributed by atoms with Gasteiger partial charge in [0.05, 0.1) is 5.69 Å². The van der Waals surface area contributed by atoms with Crippen LogP contribution in [-0.4, -0.2) is 20.5 Å². The van der Waals surface area contributed by atoms with Gasteiger partial charge in [0.15, 0.2) is 5.65 Å². The summed E-state index contributed by atoms with van der Waals surface area (Å²) in [5.41, 5.74) is 3.35. The summed E-state index contributed by atoms with van der Waals surface area (Å²) in [6.07, 6.45) is 0. The van der Waals surface area contributed by atoms with Crippen LogP contribution in [0.2, 0.25) is 5.02 Å². The normalized spacial score (nSPS) is 10.8. The highest BCUT2D eigenvalue weighted by Gasteiger charge is 2.12. The number of fused-ring (bicyclic) bond motifs is 1. The molecular weight excluding hydrogens is 288 g/mol. The topological polar surface area (TPSA) is 59.3 Å². The third-order valence-corrected chi connectivity index (χ3v) is 3.28. The summed E-state index contributed by atoms with van der Waals surface area (Å²) in [5, 5.41) is 7.66. The van der Waals surface area contributed by atoms with Crippen LogP contribution in [0.4, 0.5) is 5.69 Å². The number of hydrogen-bond acceptors (Lipinski definition) is 3. The van der Waals surface area contributed by atoms with Crippen LogP contribution < -0.4 is 5.32 Å². The molecule has 0 aliphatic carbocycles. The molecular formula is C15H13ClN4O. The molecule has 3 aromatic rings. The maximum atomic E-state index is 12.3. The first-order chi connectivity index (χ1) is 10.0. The van der Waals surface area contributed by atoms with Crippen molar-refractivity contribution < 1.29 is 4.79 Å². The number of rotatable bonds is 2. The van der Waals surface area contributed by atoms with Gasteiger partial charge in [-0.05, 0) is 38.1 Å². The Morgan fingerprint density at radius 1 is 1.24 bits per heavy atom. The average molecular weight is 301 g/mol.